The molecule has 9 heteroatoms. The van der Waals surface area contributed by atoms with Gasteiger partial charge in [-0.1, -0.05) is 48.5 Å². The first kappa shape index (κ1) is 21.4. The number of benzene rings is 3. The standard InChI is InChI=1S/C22H20N2O5S2/c1-29-21-12-9-18(15-20(21)24(25)26)22-23(13-14-30-22)31(27,28)19-10-7-17(8-11-19)16-5-3-2-4-6-16/h2-12,15,22H,13-14H2,1H3/t22-/m0/s1. The van der Waals surface area contributed by atoms with Gasteiger partial charge in [-0.05, 0) is 34.9 Å². The minimum Gasteiger partial charge on any atom is -0.490 e. The summed E-state index contributed by atoms with van der Waals surface area (Å²) < 4.78 is 33.2. The van der Waals surface area contributed by atoms with Gasteiger partial charge in [-0.25, -0.2) is 8.42 Å². The second-order valence-corrected chi connectivity index (χ2v) is 10.00. The Hall–Kier alpha value is -2.88. The lowest BCUT2D eigenvalue weighted by atomic mass is 10.1. The smallest absolute Gasteiger partial charge is 0.311 e. The van der Waals surface area contributed by atoms with Gasteiger partial charge in [0.2, 0.25) is 10.0 Å². The molecule has 1 atom stereocenters. The van der Waals surface area contributed by atoms with Crippen LogP contribution in [0.1, 0.15) is 10.9 Å². The van der Waals surface area contributed by atoms with Crippen LogP contribution in [0.2, 0.25) is 0 Å². The van der Waals surface area contributed by atoms with E-state index in [1.807, 2.05) is 30.3 Å². The number of thioether (sulfide) groups is 1. The highest BCUT2D eigenvalue weighted by Crippen LogP contribution is 2.43. The lowest BCUT2D eigenvalue weighted by Gasteiger charge is -2.23. The highest BCUT2D eigenvalue weighted by Gasteiger charge is 2.37. The highest BCUT2D eigenvalue weighted by atomic mass is 32.2. The van der Waals surface area contributed by atoms with Crippen molar-refractivity contribution in [2.24, 2.45) is 0 Å². The minimum absolute atomic E-state index is 0.141. The van der Waals surface area contributed by atoms with Crippen LogP contribution in [0.5, 0.6) is 5.75 Å². The maximum absolute atomic E-state index is 13.4. The molecular weight excluding hydrogens is 436 g/mol. The van der Waals surface area contributed by atoms with Crippen LogP contribution in [-0.4, -0.2) is 37.1 Å². The second-order valence-electron chi connectivity index (χ2n) is 6.92. The van der Waals surface area contributed by atoms with Crippen molar-refractivity contribution in [3.8, 4) is 16.9 Å². The third kappa shape index (κ3) is 4.16. The number of ether oxygens (including phenoxy) is 1. The zero-order chi connectivity index (χ0) is 22.0. The maximum atomic E-state index is 13.4. The summed E-state index contributed by atoms with van der Waals surface area (Å²) in [5, 5.41) is 10.8. The van der Waals surface area contributed by atoms with Gasteiger partial charge in [0, 0.05) is 18.4 Å². The van der Waals surface area contributed by atoms with Gasteiger partial charge in [0.15, 0.2) is 5.75 Å². The molecule has 31 heavy (non-hydrogen) atoms. The molecule has 7 nitrogen and oxygen atoms in total. The summed E-state index contributed by atoms with van der Waals surface area (Å²) in [5.41, 5.74) is 2.31. The zero-order valence-electron chi connectivity index (χ0n) is 16.7. The summed E-state index contributed by atoms with van der Waals surface area (Å²) in [5.74, 6) is 0.744. The molecule has 0 N–H and O–H groups in total. The van der Waals surface area contributed by atoms with E-state index in [-0.39, 0.29) is 16.3 Å². The van der Waals surface area contributed by atoms with Gasteiger partial charge in [-0.15, -0.1) is 11.8 Å². The van der Waals surface area contributed by atoms with Crippen molar-refractivity contribution < 1.29 is 18.1 Å². The third-order valence-electron chi connectivity index (χ3n) is 5.10. The van der Waals surface area contributed by atoms with Crippen LogP contribution in [0.3, 0.4) is 0 Å². The van der Waals surface area contributed by atoms with Gasteiger partial charge >= 0.3 is 5.69 Å². The number of sulfonamides is 1. The molecule has 3 aromatic rings. The molecule has 0 saturated carbocycles. The average molecular weight is 457 g/mol. The Morgan fingerprint density at radius 2 is 1.71 bits per heavy atom. The van der Waals surface area contributed by atoms with Crippen molar-refractivity contribution in [1.29, 1.82) is 0 Å². The average Bonchev–Trinajstić information content (AvgIpc) is 3.30. The van der Waals surface area contributed by atoms with Crippen LogP contribution in [0.4, 0.5) is 5.69 Å². The van der Waals surface area contributed by atoms with Crippen LogP contribution in [0.25, 0.3) is 11.1 Å². The van der Waals surface area contributed by atoms with Crippen molar-refractivity contribution in [2.45, 2.75) is 10.3 Å². The number of nitro groups is 1. The van der Waals surface area contributed by atoms with Gasteiger partial charge in [0.05, 0.1) is 22.3 Å². The van der Waals surface area contributed by atoms with E-state index in [0.29, 0.717) is 17.9 Å². The number of rotatable bonds is 6. The number of methoxy groups -OCH3 is 1. The topological polar surface area (TPSA) is 89.8 Å². The molecular formula is C22H20N2O5S2. The summed E-state index contributed by atoms with van der Waals surface area (Å²) in [7, 11) is -2.41. The van der Waals surface area contributed by atoms with E-state index in [4.69, 9.17) is 4.74 Å². The molecule has 1 aliphatic heterocycles. The fourth-order valence-electron chi connectivity index (χ4n) is 3.55. The number of nitro benzene ring substituents is 1. The first-order chi connectivity index (χ1) is 14.9. The van der Waals surface area contributed by atoms with Crippen LogP contribution in [0.15, 0.2) is 77.7 Å². The molecule has 0 aromatic heterocycles. The summed E-state index contributed by atoms with van der Waals surface area (Å²) >= 11 is 1.44. The lowest BCUT2D eigenvalue weighted by molar-refractivity contribution is -0.385. The monoisotopic (exact) mass is 456 g/mol. The van der Waals surface area contributed by atoms with Crippen LogP contribution < -0.4 is 4.74 Å². The van der Waals surface area contributed by atoms with Gasteiger partial charge in [0.25, 0.3) is 0 Å². The SMILES string of the molecule is COc1ccc([C@@H]2SCCN2S(=O)(=O)c2ccc(-c3ccccc3)cc2)cc1[N+](=O)[O-]. The normalized spacial score (nSPS) is 16.9. The molecule has 0 unspecified atom stereocenters. The summed E-state index contributed by atoms with van der Waals surface area (Å²) in [4.78, 5) is 11.1. The Kier molecular flexibility index (Phi) is 5.99. The molecule has 0 bridgehead atoms. The van der Waals surface area contributed by atoms with Crippen molar-refractivity contribution in [3.63, 3.8) is 0 Å². The predicted octanol–water partition coefficient (Wildman–Crippen LogP) is 4.71. The molecule has 1 aliphatic rings. The molecule has 1 heterocycles. The molecule has 0 aliphatic carbocycles. The number of nitrogens with zero attached hydrogens (tertiary/aromatic N) is 2. The zero-order valence-corrected chi connectivity index (χ0v) is 18.3. The third-order valence-corrected chi connectivity index (χ3v) is 8.37. The Labute approximate surface area is 184 Å². The van der Waals surface area contributed by atoms with E-state index in [1.165, 1.54) is 35.3 Å². The Bertz CT molecular complexity index is 1200. The predicted molar refractivity (Wildman–Crippen MR) is 121 cm³/mol. The Balaban J connectivity index is 1.65. The van der Waals surface area contributed by atoms with Crippen molar-refractivity contribution in [1.82, 2.24) is 4.31 Å². The Morgan fingerprint density at radius 1 is 1.03 bits per heavy atom. The molecule has 4 rings (SSSR count). The lowest BCUT2D eigenvalue weighted by Crippen LogP contribution is -2.30. The van der Waals surface area contributed by atoms with Crippen LogP contribution >= 0.6 is 11.8 Å². The Morgan fingerprint density at radius 3 is 2.35 bits per heavy atom. The van der Waals surface area contributed by atoms with Crippen molar-refractivity contribution in [3.05, 3.63) is 88.5 Å². The molecule has 0 amide bonds. The molecule has 0 spiro atoms. The van der Waals surface area contributed by atoms with Gasteiger partial charge in [-0.2, -0.15) is 4.31 Å². The van der Waals surface area contributed by atoms with E-state index < -0.39 is 20.3 Å². The summed E-state index contributed by atoms with van der Waals surface area (Å²) in [6.07, 6.45) is 0. The van der Waals surface area contributed by atoms with Gasteiger partial charge < -0.3 is 4.74 Å². The highest BCUT2D eigenvalue weighted by molar-refractivity contribution is 8.01. The minimum atomic E-state index is -3.77. The van der Waals surface area contributed by atoms with Crippen LogP contribution in [0, 0.1) is 10.1 Å². The van der Waals surface area contributed by atoms with Crippen LogP contribution in [-0.2, 0) is 10.0 Å². The number of hydrogen-bond donors (Lipinski definition) is 0. The fourth-order valence-corrected chi connectivity index (χ4v) is 6.78. The van der Waals surface area contributed by atoms with E-state index >= 15 is 0 Å². The van der Waals surface area contributed by atoms with Crippen molar-refractivity contribution in [2.75, 3.05) is 19.4 Å². The summed E-state index contributed by atoms with van der Waals surface area (Å²) in [6, 6.07) is 21.1. The second kappa shape index (κ2) is 8.70. The van der Waals surface area contributed by atoms with Gasteiger partial charge in [0.1, 0.15) is 0 Å². The van der Waals surface area contributed by atoms with E-state index in [9.17, 15) is 18.5 Å². The first-order valence-corrected chi connectivity index (χ1v) is 12.0. The van der Waals surface area contributed by atoms with Crippen molar-refractivity contribution >= 4 is 27.5 Å². The molecule has 1 saturated heterocycles. The van der Waals surface area contributed by atoms with E-state index in [0.717, 1.165) is 11.1 Å². The van der Waals surface area contributed by atoms with E-state index in [1.54, 1.807) is 30.3 Å². The quantitative estimate of drug-likeness (QED) is 0.394. The van der Waals surface area contributed by atoms with E-state index in [2.05, 4.69) is 0 Å². The molecule has 3 aromatic carbocycles. The largest absolute Gasteiger partial charge is 0.490 e. The molecule has 0 radical (unpaired) electrons. The first-order valence-electron chi connectivity index (χ1n) is 9.53. The molecule has 1 fully saturated rings. The van der Waals surface area contributed by atoms with Gasteiger partial charge in [-0.3, -0.25) is 10.1 Å². The summed E-state index contributed by atoms with van der Waals surface area (Å²) in [6.45, 7) is 0.331. The fraction of sp³-hybridized carbons (Fsp3) is 0.182. The maximum Gasteiger partial charge on any atom is 0.311 e. The molecule has 160 valence electrons. The number of hydrogen-bond acceptors (Lipinski definition) is 6.